The van der Waals surface area contributed by atoms with Crippen LogP contribution in [-0.2, 0) is 9.59 Å². The second-order valence-corrected chi connectivity index (χ2v) is 7.82. The molecular formula is C23H19ClN4O2S. The van der Waals surface area contributed by atoms with Gasteiger partial charge < -0.3 is 16.0 Å². The fourth-order valence-electron chi connectivity index (χ4n) is 3.33. The number of nitrogens with one attached hydrogen (secondary N) is 3. The van der Waals surface area contributed by atoms with Crippen LogP contribution in [0.4, 0.5) is 22.7 Å². The van der Waals surface area contributed by atoms with Gasteiger partial charge in [-0.25, -0.2) is 4.90 Å². The standard InChI is InChI=1S/C23H19ClN4O2S/c24-15-6-4-11-19(12-15)28-21(29)14-20(22(28)30)25-17-9-5-10-18(13-17)27-23(31)26-16-7-2-1-3-8-16/h1-13,20,25H,14H2,(H2,26,27,31). The average Bonchev–Trinajstić information content (AvgIpc) is 3.02. The molecule has 1 unspecified atom stereocenters. The monoisotopic (exact) mass is 450 g/mol. The van der Waals surface area contributed by atoms with Crippen LogP contribution in [-0.4, -0.2) is 23.0 Å². The van der Waals surface area contributed by atoms with Gasteiger partial charge in [0.25, 0.3) is 5.91 Å². The summed E-state index contributed by atoms with van der Waals surface area (Å²) in [6.07, 6.45) is 0.0664. The van der Waals surface area contributed by atoms with Gasteiger partial charge in [-0.05, 0) is 60.7 Å². The third-order valence-corrected chi connectivity index (χ3v) is 5.15. The van der Waals surface area contributed by atoms with E-state index >= 15 is 0 Å². The van der Waals surface area contributed by atoms with Crippen LogP contribution < -0.4 is 20.9 Å². The molecule has 31 heavy (non-hydrogen) atoms. The first-order valence-electron chi connectivity index (χ1n) is 9.61. The third kappa shape index (κ3) is 5.02. The molecule has 1 heterocycles. The van der Waals surface area contributed by atoms with E-state index in [4.69, 9.17) is 23.8 Å². The van der Waals surface area contributed by atoms with Crippen molar-refractivity contribution in [2.45, 2.75) is 12.5 Å². The van der Waals surface area contributed by atoms with Crippen molar-refractivity contribution in [3.05, 3.63) is 83.9 Å². The molecular weight excluding hydrogens is 432 g/mol. The molecule has 1 fully saturated rings. The van der Waals surface area contributed by atoms with E-state index in [1.54, 1.807) is 24.3 Å². The van der Waals surface area contributed by atoms with Gasteiger partial charge in [-0.15, -0.1) is 0 Å². The SMILES string of the molecule is O=C1CC(Nc2cccc(NC(=S)Nc3ccccc3)c2)C(=O)N1c1cccc(Cl)c1. The molecule has 0 aliphatic carbocycles. The Morgan fingerprint density at radius 1 is 0.871 bits per heavy atom. The zero-order valence-corrected chi connectivity index (χ0v) is 17.9. The number of anilines is 4. The molecule has 0 saturated carbocycles. The summed E-state index contributed by atoms with van der Waals surface area (Å²) in [5, 5.41) is 10.3. The fraction of sp³-hybridized carbons (Fsp3) is 0.0870. The molecule has 2 amide bonds. The Balaban J connectivity index is 1.42. The smallest absolute Gasteiger partial charge is 0.256 e. The Kier molecular flexibility index (Phi) is 6.16. The van der Waals surface area contributed by atoms with Crippen molar-refractivity contribution in [2.24, 2.45) is 0 Å². The molecule has 3 aromatic carbocycles. The van der Waals surface area contributed by atoms with Gasteiger partial charge in [0.2, 0.25) is 5.91 Å². The van der Waals surface area contributed by atoms with E-state index in [0.29, 0.717) is 21.5 Å². The predicted molar refractivity (Wildman–Crippen MR) is 129 cm³/mol. The first-order valence-corrected chi connectivity index (χ1v) is 10.4. The summed E-state index contributed by atoms with van der Waals surface area (Å²) in [6.45, 7) is 0. The Morgan fingerprint density at radius 3 is 2.32 bits per heavy atom. The van der Waals surface area contributed by atoms with Gasteiger partial charge in [0, 0.05) is 22.1 Å². The van der Waals surface area contributed by atoms with Gasteiger partial charge in [-0.1, -0.05) is 41.9 Å². The first kappa shape index (κ1) is 20.8. The number of benzene rings is 3. The third-order valence-electron chi connectivity index (χ3n) is 4.71. The Hall–Kier alpha value is -3.42. The number of carbonyl (C=O) groups excluding carboxylic acids is 2. The summed E-state index contributed by atoms with van der Waals surface area (Å²) in [6, 6.07) is 23.0. The second kappa shape index (κ2) is 9.16. The Bertz CT molecular complexity index is 1140. The molecule has 1 aliphatic rings. The molecule has 8 heteroatoms. The number of hydrogen-bond donors (Lipinski definition) is 3. The molecule has 6 nitrogen and oxygen atoms in total. The summed E-state index contributed by atoms with van der Waals surface area (Å²) in [7, 11) is 0. The Morgan fingerprint density at radius 2 is 1.55 bits per heavy atom. The van der Waals surface area contributed by atoms with E-state index in [-0.39, 0.29) is 18.2 Å². The molecule has 0 radical (unpaired) electrons. The maximum atomic E-state index is 12.9. The van der Waals surface area contributed by atoms with Crippen LogP contribution in [0.25, 0.3) is 0 Å². The van der Waals surface area contributed by atoms with E-state index in [2.05, 4.69) is 16.0 Å². The van der Waals surface area contributed by atoms with E-state index in [1.165, 1.54) is 4.90 Å². The zero-order valence-electron chi connectivity index (χ0n) is 16.3. The lowest BCUT2D eigenvalue weighted by molar-refractivity contribution is -0.121. The summed E-state index contributed by atoms with van der Waals surface area (Å²) in [4.78, 5) is 26.5. The number of imide groups is 1. The second-order valence-electron chi connectivity index (χ2n) is 6.97. The molecule has 0 aromatic heterocycles. The summed E-state index contributed by atoms with van der Waals surface area (Å²) in [5.74, 6) is -0.584. The number of nitrogens with zero attached hydrogens (tertiary/aromatic N) is 1. The number of amides is 2. The lowest BCUT2D eigenvalue weighted by Gasteiger charge is -2.17. The van der Waals surface area contributed by atoms with Crippen molar-refractivity contribution >= 4 is 63.5 Å². The number of carbonyl (C=O) groups is 2. The lowest BCUT2D eigenvalue weighted by Crippen LogP contribution is -2.34. The minimum atomic E-state index is -0.656. The van der Waals surface area contributed by atoms with Crippen molar-refractivity contribution in [1.82, 2.24) is 0 Å². The molecule has 0 spiro atoms. The van der Waals surface area contributed by atoms with Gasteiger partial charge in [0.05, 0.1) is 12.1 Å². The average molecular weight is 451 g/mol. The highest BCUT2D eigenvalue weighted by Gasteiger charge is 2.39. The quantitative estimate of drug-likeness (QED) is 0.379. The molecule has 1 aliphatic heterocycles. The first-order chi connectivity index (χ1) is 15.0. The van der Waals surface area contributed by atoms with Crippen molar-refractivity contribution in [3.63, 3.8) is 0 Å². The molecule has 3 N–H and O–H groups in total. The maximum absolute atomic E-state index is 12.9. The highest BCUT2D eigenvalue weighted by Crippen LogP contribution is 2.27. The van der Waals surface area contributed by atoms with Crippen molar-refractivity contribution in [1.29, 1.82) is 0 Å². The number of para-hydroxylation sites is 1. The van der Waals surface area contributed by atoms with Crippen LogP contribution in [0.1, 0.15) is 6.42 Å². The normalized spacial score (nSPS) is 15.6. The highest BCUT2D eigenvalue weighted by molar-refractivity contribution is 7.80. The van der Waals surface area contributed by atoms with Crippen LogP contribution in [0.3, 0.4) is 0 Å². The van der Waals surface area contributed by atoms with E-state index in [9.17, 15) is 9.59 Å². The molecule has 3 aromatic rings. The van der Waals surface area contributed by atoms with Crippen molar-refractivity contribution in [3.8, 4) is 0 Å². The van der Waals surface area contributed by atoms with E-state index in [0.717, 1.165) is 11.4 Å². The maximum Gasteiger partial charge on any atom is 0.256 e. The largest absolute Gasteiger partial charge is 0.373 e. The predicted octanol–water partition coefficient (Wildman–Crippen LogP) is 4.89. The fourth-order valence-corrected chi connectivity index (χ4v) is 3.75. The van der Waals surface area contributed by atoms with Crippen molar-refractivity contribution in [2.75, 3.05) is 20.9 Å². The molecule has 0 bridgehead atoms. The van der Waals surface area contributed by atoms with Crippen LogP contribution >= 0.6 is 23.8 Å². The van der Waals surface area contributed by atoms with Crippen LogP contribution in [0.15, 0.2) is 78.9 Å². The van der Waals surface area contributed by atoms with E-state index < -0.39 is 6.04 Å². The van der Waals surface area contributed by atoms with Gasteiger partial charge in [0.15, 0.2) is 5.11 Å². The van der Waals surface area contributed by atoms with Crippen LogP contribution in [0, 0.1) is 0 Å². The number of thiocarbonyl (C=S) groups is 1. The number of hydrogen-bond acceptors (Lipinski definition) is 4. The molecule has 1 saturated heterocycles. The molecule has 1 atom stereocenters. The zero-order chi connectivity index (χ0) is 21.8. The van der Waals surface area contributed by atoms with E-state index in [1.807, 2.05) is 54.6 Å². The van der Waals surface area contributed by atoms with Crippen LogP contribution in [0.2, 0.25) is 5.02 Å². The van der Waals surface area contributed by atoms with Gasteiger partial charge in [-0.2, -0.15) is 0 Å². The minimum absolute atomic E-state index is 0.0664. The topological polar surface area (TPSA) is 73.5 Å². The van der Waals surface area contributed by atoms with Gasteiger partial charge >= 0.3 is 0 Å². The Labute approximate surface area is 190 Å². The summed E-state index contributed by atoms with van der Waals surface area (Å²) < 4.78 is 0. The van der Waals surface area contributed by atoms with Crippen molar-refractivity contribution < 1.29 is 9.59 Å². The summed E-state index contributed by atoms with van der Waals surface area (Å²) in [5.41, 5.74) is 2.80. The molecule has 156 valence electrons. The lowest BCUT2D eigenvalue weighted by atomic mass is 10.2. The molecule has 4 rings (SSSR count). The van der Waals surface area contributed by atoms with Gasteiger partial charge in [0.1, 0.15) is 6.04 Å². The highest BCUT2D eigenvalue weighted by atomic mass is 35.5. The van der Waals surface area contributed by atoms with Crippen LogP contribution in [0.5, 0.6) is 0 Å². The number of halogens is 1. The minimum Gasteiger partial charge on any atom is -0.373 e. The summed E-state index contributed by atoms with van der Waals surface area (Å²) >= 11 is 11.4. The number of rotatable bonds is 5. The van der Waals surface area contributed by atoms with Gasteiger partial charge in [-0.3, -0.25) is 9.59 Å².